The molecule has 2 atom stereocenters. The first-order chi connectivity index (χ1) is 11.8. The van der Waals surface area contributed by atoms with Gasteiger partial charge in [0.1, 0.15) is 0 Å². The van der Waals surface area contributed by atoms with Gasteiger partial charge in [0.25, 0.3) is 5.91 Å². The minimum Gasteiger partial charge on any atom is -0.331 e. The number of halogens is 1. The Morgan fingerprint density at radius 3 is 2.84 bits per heavy atom. The zero-order valence-corrected chi connectivity index (χ0v) is 16.5. The highest BCUT2D eigenvalue weighted by Gasteiger charge is 2.38. The van der Waals surface area contributed by atoms with Gasteiger partial charge in [0, 0.05) is 34.2 Å². The lowest BCUT2D eigenvalue weighted by Gasteiger charge is -2.28. The summed E-state index contributed by atoms with van der Waals surface area (Å²) in [7, 11) is 0. The van der Waals surface area contributed by atoms with Crippen LogP contribution in [0.25, 0.3) is 0 Å². The van der Waals surface area contributed by atoms with Gasteiger partial charge in [-0.05, 0) is 49.4 Å². The molecular formula is C19H23ClN2OS2. The summed E-state index contributed by atoms with van der Waals surface area (Å²) in [5, 5.41) is 5.58. The average molecular weight is 395 g/mol. The molecular weight excluding hydrogens is 372 g/mol. The Kier molecular flexibility index (Phi) is 6.44. The van der Waals surface area contributed by atoms with Gasteiger partial charge >= 0.3 is 0 Å². The van der Waals surface area contributed by atoms with E-state index in [1.807, 2.05) is 18.2 Å². The van der Waals surface area contributed by atoms with Crippen molar-refractivity contribution in [2.45, 2.75) is 42.0 Å². The molecule has 25 heavy (non-hydrogen) atoms. The molecule has 2 aliphatic heterocycles. The maximum Gasteiger partial charge on any atom is 0.255 e. The lowest BCUT2D eigenvalue weighted by atomic mass is 10.1. The molecule has 1 amide bonds. The molecule has 2 saturated heterocycles. The monoisotopic (exact) mass is 394 g/mol. The number of nitrogens with one attached hydrogen (secondary N) is 1. The van der Waals surface area contributed by atoms with Crippen LogP contribution in [0.15, 0.2) is 46.7 Å². The summed E-state index contributed by atoms with van der Waals surface area (Å²) in [6, 6.07) is 13.1. The molecule has 2 bridgehead atoms. The average Bonchev–Trinajstić information content (AvgIpc) is 3.19. The Bertz CT molecular complexity index is 693. The number of carbonyl (C=O) groups is 1. The fraction of sp³-hybridized carbons (Fsp3) is 0.421. The molecule has 2 aromatic rings. The molecule has 2 aliphatic rings. The first kappa shape index (κ1) is 18.8. The summed E-state index contributed by atoms with van der Waals surface area (Å²) in [4.78, 5) is 17.9. The molecule has 2 fully saturated rings. The van der Waals surface area contributed by atoms with Crippen LogP contribution in [0, 0.1) is 0 Å². The van der Waals surface area contributed by atoms with Gasteiger partial charge in [-0.15, -0.1) is 35.5 Å². The molecule has 6 heteroatoms. The van der Waals surface area contributed by atoms with E-state index in [1.54, 1.807) is 23.1 Å². The number of thioether (sulfide) groups is 1. The minimum absolute atomic E-state index is 0. The molecule has 1 aromatic carbocycles. The van der Waals surface area contributed by atoms with Gasteiger partial charge in [-0.3, -0.25) is 4.79 Å². The largest absolute Gasteiger partial charge is 0.331 e. The summed E-state index contributed by atoms with van der Waals surface area (Å²) < 4.78 is 0. The van der Waals surface area contributed by atoms with E-state index in [4.69, 9.17) is 0 Å². The van der Waals surface area contributed by atoms with E-state index < -0.39 is 0 Å². The topological polar surface area (TPSA) is 32.3 Å². The summed E-state index contributed by atoms with van der Waals surface area (Å²) in [5.74, 6) is 1.15. The Balaban J connectivity index is 0.00000182. The maximum atomic E-state index is 13.3. The second-order valence-corrected chi connectivity index (χ2v) is 8.50. The zero-order chi connectivity index (χ0) is 16.4. The third kappa shape index (κ3) is 4.05. The molecule has 1 N–H and O–H groups in total. The van der Waals surface area contributed by atoms with Crippen LogP contribution in [0.2, 0.25) is 0 Å². The number of carbonyl (C=O) groups excluding carboxylic acids is 1. The molecule has 0 aliphatic carbocycles. The quantitative estimate of drug-likeness (QED) is 0.778. The van der Waals surface area contributed by atoms with Crippen LogP contribution in [-0.2, 0) is 5.75 Å². The van der Waals surface area contributed by atoms with Gasteiger partial charge in [-0.25, -0.2) is 0 Å². The standard InChI is InChI=1S/C19H22N2OS2.ClH/c22-19(21-14-7-8-15(21)12-20-10-9-14)17-5-1-2-6-18(17)24-13-16-4-3-11-23-16;/h1-6,11,14-15,20H,7-10,12-13H2;1H. The van der Waals surface area contributed by atoms with Crippen LogP contribution < -0.4 is 5.32 Å². The number of nitrogens with zero attached hydrogens (tertiary/aromatic N) is 1. The Hall–Kier alpha value is -1.01. The second-order valence-electron chi connectivity index (χ2n) is 6.45. The van der Waals surface area contributed by atoms with E-state index in [1.165, 1.54) is 4.88 Å². The highest BCUT2D eigenvalue weighted by molar-refractivity contribution is 7.98. The van der Waals surface area contributed by atoms with Crippen LogP contribution in [0.3, 0.4) is 0 Å². The number of hydrogen-bond donors (Lipinski definition) is 1. The van der Waals surface area contributed by atoms with Crippen molar-refractivity contribution in [3.8, 4) is 0 Å². The highest BCUT2D eigenvalue weighted by atomic mass is 35.5. The molecule has 1 aromatic heterocycles. The van der Waals surface area contributed by atoms with Crippen molar-refractivity contribution in [3.05, 3.63) is 52.2 Å². The smallest absolute Gasteiger partial charge is 0.255 e. The normalized spacial score (nSPS) is 22.3. The summed E-state index contributed by atoms with van der Waals surface area (Å²) in [6.07, 6.45) is 3.36. The summed E-state index contributed by atoms with van der Waals surface area (Å²) in [6.45, 7) is 1.96. The lowest BCUT2D eigenvalue weighted by Crippen LogP contribution is -2.42. The van der Waals surface area contributed by atoms with Gasteiger partial charge in [-0.1, -0.05) is 18.2 Å². The van der Waals surface area contributed by atoms with E-state index in [2.05, 4.69) is 33.8 Å². The first-order valence-electron chi connectivity index (χ1n) is 8.60. The predicted molar refractivity (Wildman–Crippen MR) is 108 cm³/mol. The minimum atomic E-state index is 0. The van der Waals surface area contributed by atoms with Crippen molar-refractivity contribution >= 4 is 41.4 Å². The highest BCUT2D eigenvalue weighted by Crippen LogP contribution is 2.33. The SMILES string of the molecule is Cl.O=C(c1ccccc1SCc1cccs1)N1C2CCNCC1CC2. The van der Waals surface area contributed by atoms with Gasteiger partial charge in [0.05, 0.1) is 5.56 Å². The van der Waals surface area contributed by atoms with Gasteiger partial charge in [0.15, 0.2) is 0 Å². The van der Waals surface area contributed by atoms with Gasteiger partial charge in [0.2, 0.25) is 0 Å². The zero-order valence-electron chi connectivity index (χ0n) is 14.0. The molecule has 2 unspecified atom stereocenters. The van der Waals surface area contributed by atoms with E-state index in [0.29, 0.717) is 12.1 Å². The fourth-order valence-electron chi connectivity index (χ4n) is 3.77. The predicted octanol–water partition coefficient (Wildman–Crippen LogP) is 4.43. The number of benzene rings is 1. The van der Waals surface area contributed by atoms with E-state index in [9.17, 15) is 4.79 Å². The first-order valence-corrected chi connectivity index (χ1v) is 10.5. The molecule has 0 saturated carbocycles. The van der Waals surface area contributed by atoms with Crippen LogP contribution in [0.5, 0.6) is 0 Å². The number of hydrogen-bond acceptors (Lipinski definition) is 4. The third-order valence-electron chi connectivity index (χ3n) is 4.96. The Morgan fingerprint density at radius 1 is 1.16 bits per heavy atom. The Labute approximate surface area is 163 Å². The Morgan fingerprint density at radius 2 is 2.00 bits per heavy atom. The van der Waals surface area contributed by atoms with Crippen molar-refractivity contribution in [3.63, 3.8) is 0 Å². The van der Waals surface area contributed by atoms with Gasteiger partial charge in [-0.2, -0.15) is 0 Å². The summed E-state index contributed by atoms with van der Waals surface area (Å²) >= 11 is 3.55. The van der Waals surface area contributed by atoms with Gasteiger partial charge < -0.3 is 10.2 Å². The van der Waals surface area contributed by atoms with Crippen molar-refractivity contribution < 1.29 is 4.79 Å². The summed E-state index contributed by atoms with van der Waals surface area (Å²) in [5.41, 5.74) is 0.873. The van der Waals surface area contributed by atoms with Crippen molar-refractivity contribution in [1.29, 1.82) is 0 Å². The maximum absolute atomic E-state index is 13.3. The number of rotatable bonds is 4. The molecule has 0 spiro atoms. The van der Waals surface area contributed by atoms with E-state index in [0.717, 1.165) is 48.6 Å². The molecule has 3 nitrogen and oxygen atoms in total. The van der Waals surface area contributed by atoms with Crippen LogP contribution in [0.4, 0.5) is 0 Å². The molecule has 3 heterocycles. The van der Waals surface area contributed by atoms with Crippen molar-refractivity contribution in [1.82, 2.24) is 10.2 Å². The van der Waals surface area contributed by atoms with Crippen LogP contribution in [-0.4, -0.2) is 36.0 Å². The molecule has 4 rings (SSSR count). The van der Waals surface area contributed by atoms with Crippen LogP contribution >= 0.6 is 35.5 Å². The number of amides is 1. The number of fused-ring (bicyclic) bond motifs is 2. The van der Waals surface area contributed by atoms with E-state index >= 15 is 0 Å². The van der Waals surface area contributed by atoms with E-state index in [-0.39, 0.29) is 18.3 Å². The van der Waals surface area contributed by atoms with Crippen molar-refractivity contribution in [2.24, 2.45) is 0 Å². The molecule has 134 valence electrons. The second kappa shape index (κ2) is 8.58. The molecule has 0 radical (unpaired) electrons. The van der Waals surface area contributed by atoms with Crippen molar-refractivity contribution in [2.75, 3.05) is 13.1 Å². The van der Waals surface area contributed by atoms with Crippen LogP contribution in [0.1, 0.15) is 34.5 Å². The fourth-order valence-corrected chi connectivity index (χ4v) is 5.58. The lowest BCUT2D eigenvalue weighted by molar-refractivity contribution is 0.0676. The third-order valence-corrected chi connectivity index (χ3v) is 7.14. The number of thiophene rings is 1.